The van der Waals surface area contributed by atoms with Gasteiger partial charge in [-0.15, -0.1) is 0 Å². The molecule has 2 rings (SSSR count). The zero-order chi connectivity index (χ0) is 24.4. The second-order valence-electron chi connectivity index (χ2n) is 8.53. The van der Waals surface area contributed by atoms with E-state index in [1.165, 1.54) is 0 Å². The van der Waals surface area contributed by atoms with Crippen LogP contribution in [0.15, 0.2) is 0 Å². The topological polar surface area (TPSA) is 214 Å². The van der Waals surface area contributed by atoms with Crippen molar-refractivity contribution in [3.8, 4) is 0 Å². The van der Waals surface area contributed by atoms with Crippen LogP contribution in [0.4, 0.5) is 0 Å². The SMILES string of the molecule is O=C(O)[C@@H]1C[C@H](CCCP(=O)(O)O)CCN1.O=C(O)[C@H]1C[C@@H](CCCP(=O)(O)O)CCN1. The van der Waals surface area contributed by atoms with Gasteiger partial charge in [0.15, 0.2) is 0 Å². The van der Waals surface area contributed by atoms with Gasteiger partial charge in [0.1, 0.15) is 12.1 Å². The molecule has 0 aromatic carbocycles. The van der Waals surface area contributed by atoms with Crippen LogP contribution in [-0.2, 0) is 18.7 Å². The van der Waals surface area contributed by atoms with Gasteiger partial charge in [0.2, 0.25) is 0 Å². The summed E-state index contributed by atoms with van der Waals surface area (Å²) in [5, 5.41) is 23.5. The first-order valence-corrected chi connectivity index (χ1v) is 14.4. The molecule has 0 aromatic rings. The minimum atomic E-state index is -3.90. The van der Waals surface area contributed by atoms with Gasteiger partial charge in [-0.2, -0.15) is 0 Å². The summed E-state index contributed by atoms with van der Waals surface area (Å²) in [7, 11) is -7.80. The van der Waals surface area contributed by atoms with Crippen molar-refractivity contribution in [2.24, 2.45) is 11.8 Å². The largest absolute Gasteiger partial charge is 0.480 e. The molecule has 12 nitrogen and oxygen atoms in total. The predicted molar refractivity (Wildman–Crippen MR) is 117 cm³/mol. The first-order valence-electron chi connectivity index (χ1n) is 10.8. The molecule has 2 saturated heterocycles. The molecule has 2 aliphatic heterocycles. The van der Waals surface area contributed by atoms with Crippen LogP contribution in [0.5, 0.6) is 0 Å². The van der Waals surface area contributed by atoms with E-state index in [1.807, 2.05) is 0 Å². The molecule has 0 aromatic heterocycles. The van der Waals surface area contributed by atoms with Crippen LogP contribution in [0.25, 0.3) is 0 Å². The average molecular weight is 502 g/mol. The fourth-order valence-corrected chi connectivity index (χ4v) is 5.25. The highest BCUT2D eigenvalue weighted by molar-refractivity contribution is 7.52. The second-order valence-corrected chi connectivity index (χ2v) is 12.1. The lowest BCUT2D eigenvalue weighted by molar-refractivity contribution is -0.141. The van der Waals surface area contributed by atoms with Gasteiger partial charge in [0.25, 0.3) is 0 Å². The summed E-state index contributed by atoms with van der Waals surface area (Å²) in [4.78, 5) is 56.3. The Balaban J connectivity index is 0.000000320. The zero-order valence-corrected chi connectivity index (χ0v) is 19.8. The van der Waals surface area contributed by atoms with Crippen LogP contribution in [-0.4, -0.2) is 79.2 Å². The standard InChI is InChI=1S/2C9H18NO5P/c2*11-9(12)8-6-7(3-4-10-8)2-1-5-16(13,14)15/h2*7-8,10H,1-6H2,(H,11,12)(H2,13,14,15)/t2*7-,8+/m10/s1. The maximum atomic E-state index is 10.7. The smallest absolute Gasteiger partial charge is 0.325 e. The maximum absolute atomic E-state index is 10.7. The van der Waals surface area contributed by atoms with Crippen molar-refractivity contribution < 1.29 is 48.5 Å². The van der Waals surface area contributed by atoms with E-state index in [-0.39, 0.29) is 24.2 Å². The molecule has 8 N–H and O–H groups in total. The van der Waals surface area contributed by atoms with Gasteiger partial charge in [-0.05, 0) is 76.3 Å². The summed E-state index contributed by atoms with van der Waals surface area (Å²) < 4.78 is 21.3. The van der Waals surface area contributed by atoms with Crippen molar-refractivity contribution in [2.45, 2.75) is 63.5 Å². The number of hydrogen-bond acceptors (Lipinski definition) is 6. The van der Waals surface area contributed by atoms with Gasteiger partial charge in [-0.25, -0.2) is 0 Å². The Labute approximate surface area is 187 Å². The molecule has 2 heterocycles. The quantitative estimate of drug-likeness (QED) is 0.195. The minimum Gasteiger partial charge on any atom is -0.480 e. The number of carboxylic acid groups (broad SMARTS) is 2. The Morgan fingerprint density at radius 2 is 1.06 bits per heavy atom. The molecule has 188 valence electrons. The number of rotatable bonds is 10. The molecule has 4 atom stereocenters. The molecule has 0 saturated carbocycles. The Morgan fingerprint density at radius 3 is 1.34 bits per heavy atom. The van der Waals surface area contributed by atoms with E-state index >= 15 is 0 Å². The Hall–Kier alpha value is -0.840. The number of piperidine rings is 2. The van der Waals surface area contributed by atoms with Crippen molar-refractivity contribution in [1.82, 2.24) is 10.6 Å². The van der Waals surface area contributed by atoms with Crippen molar-refractivity contribution in [1.29, 1.82) is 0 Å². The molecule has 2 fully saturated rings. The Morgan fingerprint density at radius 1 is 0.719 bits per heavy atom. The van der Waals surface area contributed by atoms with Crippen LogP contribution in [0.1, 0.15) is 51.4 Å². The summed E-state index contributed by atoms with van der Waals surface area (Å²) in [6.07, 6.45) is 4.96. The maximum Gasteiger partial charge on any atom is 0.325 e. The summed E-state index contributed by atoms with van der Waals surface area (Å²) in [5.41, 5.74) is 0. The van der Waals surface area contributed by atoms with Crippen molar-refractivity contribution in [3.63, 3.8) is 0 Å². The lowest BCUT2D eigenvalue weighted by Crippen LogP contribution is -2.43. The molecule has 0 unspecified atom stereocenters. The molecule has 0 spiro atoms. The number of nitrogens with one attached hydrogen (secondary N) is 2. The van der Waals surface area contributed by atoms with Crippen LogP contribution in [0, 0.1) is 11.8 Å². The monoisotopic (exact) mass is 502 g/mol. The summed E-state index contributed by atoms with van der Waals surface area (Å²) in [5.74, 6) is -1.18. The molecular formula is C18H36N2O10P2. The highest BCUT2D eigenvalue weighted by atomic mass is 31.2. The first kappa shape index (κ1) is 29.2. The van der Waals surface area contributed by atoms with E-state index in [4.69, 9.17) is 29.8 Å². The van der Waals surface area contributed by atoms with Gasteiger partial charge in [0.05, 0.1) is 0 Å². The Bertz CT molecular complexity index is 637. The van der Waals surface area contributed by atoms with E-state index in [1.54, 1.807) is 0 Å². The van der Waals surface area contributed by atoms with Gasteiger partial charge in [-0.1, -0.05) is 0 Å². The summed E-state index contributed by atoms with van der Waals surface area (Å²) in [6, 6.07) is -1.01. The number of carbonyl (C=O) groups is 2. The average Bonchev–Trinajstić information content (AvgIpc) is 2.67. The van der Waals surface area contributed by atoms with E-state index in [2.05, 4.69) is 10.6 Å². The molecule has 2 aliphatic rings. The second kappa shape index (κ2) is 13.8. The normalized spacial score (nSPS) is 26.6. The van der Waals surface area contributed by atoms with Crippen LogP contribution in [0.2, 0.25) is 0 Å². The number of carboxylic acids is 2. The predicted octanol–water partition coefficient (Wildman–Crippen LogP) is 0.794. The summed E-state index contributed by atoms with van der Waals surface area (Å²) >= 11 is 0. The fourth-order valence-electron chi connectivity index (χ4n) is 4.06. The van der Waals surface area contributed by atoms with Crippen LogP contribution < -0.4 is 10.6 Å². The molecule has 14 heteroatoms. The third-order valence-corrected chi connectivity index (χ3v) is 7.54. The molecule has 0 amide bonds. The van der Waals surface area contributed by atoms with Gasteiger partial charge in [-0.3, -0.25) is 18.7 Å². The van der Waals surface area contributed by atoms with Crippen molar-refractivity contribution in [3.05, 3.63) is 0 Å². The van der Waals surface area contributed by atoms with Gasteiger partial charge in [0, 0.05) is 12.3 Å². The highest BCUT2D eigenvalue weighted by Gasteiger charge is 2.27. The fraction of sp³-hybridized carbons (Fsp3) is 0.889. The molecule has 32 heavy (non-hydrogen) atoms. The first-order chi connectivity index (χ1) is 14.8. The molecule has 0 bridgehead atoms. The zero-order valence-electron chi connectivity index (χ0n) is 18.0. The minimum absolute atomic E-state index is 0.103. The third kappa shape index (κ3) is 13.6. The number of hydrogen-bond donors (Lipinski definition) is 8. The van der Waals surface area contributed by atoms with E-state index in [9.17, 15) is 18.7 Å². The lowest BCUT2D eigenvalue weighted by Gasteiger charge is -2.27. The lowest BCUT2D eigenvalue weighted by atomic mass is 9.89. The highest BCUT2D eigenvalue weighted by Crippen LogP contribution is 2.37. The molecular weight excluding hydrogens is 466 g/mol. The van der Waals surface area contributed by atoms with Gasteiger partial charge >= 0.3 is 27.1 Å². The number of aliphatic carboxylic acids is 2. The third-order valence-electron chi connectivity index (χ3n) is 5.74. The van der Waals surface area contributed by atoms with E-state index in [0.717, 1.165) is 12.8 Å². The van der Waals surface area contributed by atoms with Gasteiger partial charge < -0.3 is 40.4 Å². The van der Waals surface area contributed by atoms with Crippen LogP contribution >= 0.6 is 15.2 Å². The molecule has 0 aliphatic carbocycles. The van der Waals surface area contributed by atoms with Crippen LogP contribution in [0.3, 0.4) is 0 Å². The molecule has 0 radical (unpaired) electrons. The van der Waals surface area contributed by atoms with E-state index in [0.29, 0.717) is 51.6 Å². The summed E-state index contributed by atoms with van der Waals surface area (Å²) in [6.45, 7) is 1.33. The Kier molecular flexibility index (Phi) is 12.6. The van der Waals surface area contributed by atoms with Crippen molar-refractivity contribution >= 4 is 27.1 Å². The van der Waals surface area contributed by atoms with Crippen molar-refractivity contribution in [2.75, 3.05) is 25.4 Å². The van der Waals surface area contributed by atoms with E-state index < -0.39 is 39.2 Å².